The van der Waals surface area contributed by atoms with Crippen LogP contribution in [0.3, 0.4) is 0 Å². The molecule has 1 aromatic carbocycles. The Balaban J connectivity index is -0.000000689. The summed E-state index contributed by atoms with van der Waals surface area (Å²) in [6.07, 6.45) is 8.18. The fraction of sp³-hybridized carbons (Fsp3) is 0.312. The second-order valence-corrected chi connectivity index (χ2v) is 3.69. The number of hydrogen-bond acceptors (Lipinski definition) is 1. The third-order valence-corrected chi connectivity index (χ3v) is 2.05. The zero-order valence-electron chi connectivity index (χ0n) is 12.1. The normalized spacial score (nSPS) is 10.4. The van der Waals surface area contributed by atoms with E-state index in [1.54, 1.807) is 6.08 Å². The number of nitrogens with two attached hydrogens (primary N) is 1. The van der Waals surface area contributed by atoms with Gasteiger partial charge in [-0.2, -0.15) is 23.8 Å². The van der Waals surface area contributed by atoms with Gasteiger partial charge in [0.2, 0.25) is 0 Å². The fourth-order valence-corrected chi connectivity index (χ4v) is 1.18. The Bertz CT molecular complexity index is 443. The van der Waals surface area contributed by atoms with E-state index in [9.17, 15) is 0 Å². The van der Waals surface area contributed by atoms with Gasteiger partial charge in [-0.05, 0) is 23.8 Å². The van der Waals surface area contributed by atoms with Crippen LogP contribution in [0.2, 0.25) is 0 Å². The second-order valence-electron chi connectivity index (χ2n) is 3.69. The van der Waals surface area contributed by atoms with Gasteiger partial charge in [0.05, 0.1) is 0 Å². The summed E-state index contributed by atoms with van der Waals surface area (Å²) in [6, 6.07) is 8.92. The number of allylic oxidation sites excluding steroid dienone is 1. The molecule has 1 rings (SSSR count). The third-order valence-electron chi connectivity index (χ3n) is 2.05. The number of amidine groups is 1. The number of benzene rings is 1. The summed E-state index contributed by atoms with van der Waals surface area (Å²) in [5.74, 6) is 3.22. The van der Waals surface area contributed by atoms with Crippen molar-refractivity contribution in [3.8, 4) is 12.3 Å². The summed E-state index contributed by atoms with van der Waals surface area (Å²) in [6.45, 7) is 8.25. The molecule has 1 radical (unpaired) electrons. The molecule has 3 heteroatoms. The van der Waals surface area contributed by atoms with Gasteiger partial charge < -0.3 is 5.73 Å². The molecule has 0 aromatic heterocycles. The number of rotatable bonds is 3. The van der Waals surface area contributed by atoms with Crippen LogP contribution in [0, 0.1) is 18.4 Å². The minimum absolute atomic E-state index is 0. The quantitative estimate of drug-likeness (QED) is 0.385. The Morgan fingerprint density at radius 1 is 1.47 bits per heavy atom. The molecule has 0 aliphatic heterocycles. The average Bonchev–Trinajstić information content (AvgIpc) is 2.39. The van der Waals surface area contributed by atoms with Crippen molar-refractivity contribution in [2.45, 2.75) is 33.6 Å². The third kappa shape index (κ3) is 8.75. The number of terminal acetylenes is 1. The van der Waals surface area contributed by atoms with Crippen molar-refractivity contribution in [3.63, 3.8) is 0 Å². The summed E-state index contributed by atoms with van der Waals surface area (Å²) >= 11 is 0. The molecule has 0 saturated heterocycles. The molecule has 0 unspecified atom stereocenters. The molecule has 0 fully saturated rings. The standard InChI is InChI=1S/C14H15N2.C2H6.Y.H2/c1-4-5-6-14(15)16-13-9-7-12(8-10-13)11(2)3;1-2;;/h1,5-7,9-11H,2-3H3,(H2,15,16);1-2H3;;1H/q-1;;;/b6-5-;;;. The van der Waals surface area contributed by atoms with Gasteiger partial charge in [0.1, 0.15) is 5.84 Å². The Kier molecular flexibility index (Phi) is 13.0. The molecule has 0 heterocycles. The van der Waals surface area contributed by atoms with E-state index in [0.29, 0.717) is 11.8 Å². The fourth-order valence-electron chi connectivity index (χ4n) is 1.18. The molecule has 0 aliphatic rings. The van der Waals surface area contributed by atoms with Gasteiger partial charge >= 0.3 is 0 Å². The van der Waals surface area contributed by atoms with Gasteiger partial charge in [-0.1, -0.05) is 33.6 Å². The molecule has 19 heavy (non-hydrogen) atoms. The van der Waals surface area contributed by atoms with E-state index in [0.717, 1.165) is 11.3 Å². The van der Waals surface area contributed by atoms with Crippen LogP contribution >= 0.6 is 0 Å². The Labute approximate surface area is 143 Å². The summed E-state index contributed by atoms with van der Waals surface area (Å²) < 4.78 is 0. The van der Waals surface area contributed by atoms with Crippen LogP contribution in [0.15, 0.2) is 35.3 Å². The molecule has 0 spiro atoms. The van der Waals surface area contributed by atoms with Crippen LogP contribution in [0.25, 0.3) is 0 Å². The maximum absolute atomic E-state index is 5.64. The first-order valence-corrected chi connectivity index (χ1v) is 6.12. The van der Waals surface area contributed by atoms with E-state index in [4.69, 9.17) is 12.2 Å². The van der Waals surface area contributed by atoms with E-state index in [1.807, 2.05) is 32.0 Å². The first kappa shape index (κ1) is 20.4. The van der Waals surface area contributed by atoms with E-state index in [-0.39, 0.29) is 34.1 Å². The molecule has 101 valence electrons. The maximum Gasteiger partial charge on any atom is 0.111 e. The van der Waals surface area contributed by atoms with E-state index >= 15 is 0 Å². The van der Waals surface area contributed by atoms with E-state index < -0.39 is 0 Å². The maximum atomic E-state index is 5.64. The number of hydrogen-bond donors (Lipinski definition) is 1. The van der Waals surface area contributed by atoms with Crippen molar-refractivity contribution in [1.82, 2.24) is 0 Å². The molecular weight excluding hydrogens is 309 g/mol. The van der Waals surface area contributed by atoms with Crippen molar-refractivity contribution < 1.29 is 34.1 Å². The van der Waals surface area contributed by atoms with Crippen LogP contribution in [0.5, 0.6) is 0 Å². The summed E-state index contributed by atoms with van der Waals surface area (Å²) in [7, 11) is 0. The summed E-state index contributed by atoms with van der Waals surface area (Å²) in [5, 5.41) is 0. The number of nitrogens with zero attached hydrogens (tertiary/aromatic N) is 1. The summed E-state index contributed by atoms with van der Waals surface area (Å²) in [5.41, 5.74) is 7.59. The first-order chi connectivity index (χ1) is 8.63. The molecule has 2 nitrogen and oxygen atoms in total. The van der Waals surface area contributed by atoms with Gasteiger partial charge in [-0.25, -0.2) is 0 Å². The Morgan fingerprint density at radius 3 is 2.53 bits per heavy atom. The molecule has 2 N–H and O–H groups in total. The molecule has 0 aliphatic carbocycles. The minimum Gasteiger partial charge on any atom is -0.385 e. The number of aliphatic imine (C=N–C) groups is 1. The molecular formula is C16H23N2Y-. The predicted octanol–water partition coefficient (Wildman–Crippen LogP) is 4.06. The van der Waals surface area contributed by atoms with Crippen LogP contribution < -0.4 is 5.73 Å². The Morgan fingerprint density at radius 2 is 2.11 bits per heavy atom. The van der Waals surface area contributed by atoms with Gasteiger partial charge in [0.25, 0.3) is 0 Å². The van der Waals surface area contributed by atoms with Gasteiger partial charge in [-0.3, -0.25) is 4.99 Å². The Hall–Kier alpha value is -0.906. The van der Waals surface area contributed by atoms with Gasteiger partial charge in [0, 0.05) is 34.1 Å². The van der Waals surface area contributed by atoms with Crippen molar-refractivity contribution >= 4 is 11.5 Å². The van der Waals surface area contributed by atoms with Crippen LogP contribution in [-0.2, 0) is 32.7 Å². The average molecular weight is 332 g/mol. The van der Waals surface area contributed by atoms with Crippen molar-refractivity contribution in [2.75, 3.05) is 0 Å². The predicted molar refractivity (Wildman–Crippen MR) is 82.1 cm³/mol. The molecule has 0 saturated carbocycles. The largest absolute Gasteiger partial charge is 0.385 e. The van der Waals surface area contributed by atoms with Crippen LogP contribution in [-0.4, -0.2) is 5.84 Å². The van der Waals surface area contributed by atoms with Gasteiger partial charge in [0.15, 0.2) is 0 Å². The van der Waals surface area contributed by atoms with Crippen molar-refractivity contribution in [1.29, 1.82) is 0 Å². The van der Waals surface area contributed by atoms with E-state index in [2.05, 4.69) is 30.8 Å². The second kappa shape index (κ2) is 12.1. The molecule has 0 atom stereocenters. The zero-order valence-corrected chi connectivity index (χ0v) is 15.0. The minimum atomic E-state index is 0. The summed E-state index contributed by atoms with van der Waals surface area (Å²) in [4.78, 5) is 4.18. The van der Waals surface area contributed by atoms with Crippen LogP contribution in [0.1, 0.15) is 40.6 Å². The van der Waals surface area contributed by atoms with E-state index in [1.165, 1.54) is 6.08 Å². The van der Waals surface area contributed by atoms with Crippen LogP contribution in [0.4, 0.5) is 5.69 Å². The topological polar surface area (TPSA) is 38.4 Å². The molecule has 0 amide bonds. The monoisotopic (exact) mass is 332 g/mol. The van der Waals surface area contributed by atoms with Gasteiger partial charge in [-0.15, -0.1) is 12.5 Å². The molecule has 1 aromatic rings. The smallest absolute Gasteiger partial charge is 0.111 e. The van der Waals surface area contributed by atoms with Crippen molar-refractivity contribution in [3.05, 3.63) is 42.0 Å². The first-order valence-electron chi connectivity index (χ1n) is 6.12. The molecule has 0 bridgehead atoms. The SMILES string of the molecule is C#C/C=C\C(N)=Nc1c[c-]c(C(C)C)cc1.CC.[HH].[Y]. The zero-order chi connectivity index (χ0) is 14.0. The van der Waals surface area contributed by atoms with Crippen molar-refractivity contribution in [2.24, 2.45) is 10.7 Å².